The Labute approximate surface area is 131 Å². The first-order chi connectivity index (χ1) is 9.56. The summed E-state index contributed by atoms with van der Waals surface area (Å²) in [6.07, 6.45) is -0.645. The predicted octanol–water partition coefficient (Wildman–Crippen LogP) is 4.51. The minimum absolute atomic E-state index is 0.233. The molecule has 0 radical (unpaired) electrons. The number of ether oxygens (including phenoxy) is 1. The van der Waals surface area contributed by atoms with Crippen molar-refractivity contribution >= 4 is 39.1 Å². The third kappa shape index (κ3) is 3.99. The van der Waals surface area contributed by atoms with Crippen LogP contribution in [-0.2, 0) is 4.79 Å². The Kier molecular flexibility index (Phi) is 5.04. The highest BCUT2D eigenvalue weighted by Crippen LogP contribution is 2.24. The lowest BCUT2D eigenvalue weighted by molar-refractivity contribution is -0.122. The minimum atomic E-state index is -0.645. The van der Waals surface area contributed by atoms with Gasteiger partial charge in [-0.1, -0.05) is 45.7 Å². The number of hydrogen-bond donors (Lipinski definition) is 1. The van der Waals surface area contributed by atoms with Crippen molar-refractivity contribution in [3.05, 3.63) is 58.0 Å². The summed E-state index contributed by atoms with van der Waals surface area (Å²) in [6.45, 7) is 1.68. The predicted molar refractivity (Wildman–Crippen MR) is 84.3 cm³/mol. The highest BCUT2D eigenvalue weighted by atomic mass is 79.9. The molecule has 1 N–H and O–H groups in total. The van der Waals surface area contributed by atoms with Crippen LogP contribution in [0.5, 0.6) is 5.75 Å². The second-order valence-electron chi connectivity index (χ2n) is 4.19. The Bertz CT molecular complexity index is 618. The van der Waals surface area contributed by atoms with Crippen LogP contribution in [0.3, 0.4) is 0 Å². The fourth-order valence-corrected chi connectivity index (χ4v) is 2.17. The van der Waals surface area contributed by atoms with Gasteiger partial charge in [0.15, 0.2) is 6.10 Å². The van der Waals surface area contributed by atoms with Gasteiger partial charge in [0.2, 0.25) is 0 Å². The molecule has 0 unspecified atom stereocenters. The number of anilines is 1. The second kappa shape index (κ2) is 6.77. The smallest absolute Gasteiger partial charge is 0.265 e. The van der Waals surface area contributed by atoms with Crippen LogP contribution in [0, 0.1) is 0 Å². The van der Waals surface area contributed by atoms with Crippen LogP contribution < -0.4 is 10.1 Å². The van der Waals surface area contributed by atoms with Crippen molar-refractivity contribution in [2.45, 2.75) is 13.0 Å². The molecule has 0 aromatic heterocycles. The summed E-state index contributed by atoms with van der Waals surface area (Å²) in [5.41, 5.74) is 0.707. The van der Waals surface area contributed by atoms with E-state index in [9.17, 15) is 4.79 Å². The van der Waals surface area contributed by atoms with Gasteiger partial charge in [-0.15, -0.1) is 0 Å². The van der Waals surface area contributed by atoms with Crippen molar-refractivity contribution in [1.29, 1.82) is 0 Å². The van der Waals surface area contributed by atoms with Crippen molar-refractivity contribution in [2.75, 3.05) is 5.32 Å². The summed E-state index contributed by atoms with van der Waals surface area (Å²) < 4.78 is 6.45. The fraction of sp³-hybridized carbons (Fsp3) is 0.133. The van der Waals surface area contributed by atoms with Gasteiger partial charge in [0.1, 0.15) is 5.75 Å². The molecular formula is C15H13BrClNO2. The van der Waals surface area contributed by atoms with Crippen LogP contribution in [0.25, 0.3) is 0 Å². The van der Waals surface area contributed by atoms with E-state index in [0.717, 1.165) is 4.47 Å². The van der Waals surface area contributed by atoms with Crippen LogP contribution in [0.15, 0.2) is 53.0 Å². The van der Waals surface area contributed by atoms with E-state index in [0.29, 0.717) is 16.5 Å². The fourth-order valence-electron chi connectivity index (χ4n) is 1.59. The number of hydrogen-bond acceptors (Lipinski definition) is 2. The van der Waals surface area contributed by atoms with Crippen LogP contribution in [0.1, 0.15) is 6.92 Å². The Hall–Kier alpha value is -1.52. The number of para-hydroxylation sites is 1. The summed E-state index contributed by atoms with van der Waals surface area (Å²) in [4.78, 5) is 12.0. The van der Waals surface area contributed by atoms with E-state index in [4.69, 9.17) is 16.3 Å². The van der Waals surface area contributed by atoms with Gasteiger partial charge < -0.3 is 10.1 Å². The molecule has 0 aliphatic heterocycles. The molecule has 0 bridgehead atoms. The van der Waals surface area contributed by atoms with Gasteiger partial charge in [0.05, 0.1) is 5.02 Å². The third-order valence-electron chi connectivity index (χ3n) is 2.60. The molecule has 2 aromatic rings. The topological polar surface area (TPSA) is 38.3 Å². The summed E-state index contributed by atoms with van der Waals surface area (Å²) in [5.74, 6) is 0.258. The van der Waals surface area contributed by atoms with Gasteiger partial charge in [0, 0.05) is 10.2 Å². The summed E-state index contributed by atoms with van der Waals surface area (Å²) in [7, 11) is 0. The van der Waals surface area contributed by atoms with E-state index in [2.05, 4.69) is 21.2 Å². The lowest BCUT2D eigenvalue weighted by atomic mass is 10.3. The van der Waals surface area contributed by atoms with Gasteiger partial charge in [-0.2, -0.15) is 0 Å². The summed E-state index contributed by atoms with van der Waals surface area (Å²) in [5, 5.41) is 3.27. The van der Waals surface area contributed by atoms with E-state index < -0.39 is 6.10 Å². The minimum Gasteiger partial charge on any atom is -0.479 e. The van der Waals surface area contributed by atoms with Gasteiger partial charge in [0.25, 0.3) is 5.91 Å². The molecule has 0 saturated carbocycles. The van der Waals surface area contributed by atoms with Gasteiger partial charge in [-0.25, -0.2) is 0 Å². The highest BCUT2D eigenvalue weighted by molar-refractivity contribution is 9.10. The highest BCUT2D eigenvalue weighted by Gasteiger charge is 2.16. The lowest BCUT2D eigenvalue weighted by Gasteiger charge is -2.15. The maximum Gasteiger partial charge on any atom is 0.265 e. The molecule has 20 heavy (non-hydrogen) atoms. The monoisotopic (exact) mass is 353 g/mol. The molecule has 2 aromatic carbocycles. The van der Waals surface area contributed by atoms with Gasteiger partial charge in [-0.3, -0.25) is 4.79 Å². The van der Waals surface area contributed by atoms with Crippen LogP contribution in [-0.4, -0.2) is 12.0 Å². The third-order valence-corrected chi connectivity index (χ3v) is 3.41. The molecule has 0 aliphatic carbocycles. The maximum atomic E-state index is 12.0. The molecule has 1 atom stereocenters. The molecule has 0 spiro atoms. The normalized spacial score (nSPS) is 11.8. The first kappa shape index (κ1) is 14.9. The number of amides is 1. The SMILES string of the molecule is C[C@@H](Oc1ccccc1Cl)C(=O)Nc1cccc(Br)c1. The van der Waals surface area contributed by atoms with Crippen LogP contribution >= 0.6 is 27.5 Å². The zero-order valence-corrected chi connectivity index (χ0v) is 13.1. The lowest BCUT2D eigenvalue weighted by Crippen LogP contribution is -2.30. The molecule has 0 aliphatic rings. The van der Waals surface area contributed by atoms with Gasteiger partial charge in [-0.05, 0) is 37.3 Å². The molecule has 1 amide bonds. The molecule has 104 valence electrons. The molecule has 0 saturated heterocycles. The van der Waals surface area contributed by atoms with Crippen molar-refractivity contribution in [3.63, 3.8) is 0 Å². The van der Waals surface area contributed by atoms with E-state index in [-0.39, 0.29) is 5.91 Å². The zero-order valence-electron chi connectivity index (χ0n) is 10.8. The number of benzene rings is 2. The number of carbonyl (C=O) groups excluding carboxylic acids is 1. The molecule has 0 heterocycles. The maximum absolute atomic E-state index is 12.0. The standard InChI is InChI=1S/C15H13BrClNO2/c1-10(20-14-8-3-2-7-13(14)17)15(19)18-12-6-4-5-11(16)9-12/h2-10H,1H3,(H,18,19)/t10-/m1/s1. The second-order valence-corrected chi connectivity index (χ2v) is 5.51. The van der Waals surface area contributed by atoms with E-state index in [1.165, 1.54) is 0 Å². The van der Waals surface area contributed by atoms with Crippen molar-refractivity contribution in [3.8, 4) is 5.75 Å². The molecule has 0 fully saturated rings. The Morgan fingerprint density at radius 2 is 2.00 bits per heavy atom. The quantitative estimate of drug-likeness (QED) is 0.877. The zero-order chi connectivity index (χ0) is 14.5. The first-order valence-electron chi connectivity index (χ1n) is 6.04. The van der Waals surface area contributed by atoms with E-state index in [1.54, 1.807) is 31.2 Å². The molecule has 3 nitrogen and oxygen atoms in total. The average Bonchev–Trinajstić information content (AvgIpc) is 2.41. The number of halogens is 2. The molecular weight excluding hydrogens is 342 g/mol. The number of nitrogens with one attached hydrogen (secondary N) is 1. The van der Waals surface area contributed by atoms with Crippen LogP contribution in [0.2, 0.25) is 5.02 Å². The first-order valence-corrected chi connectivity index (χ1v) is 7.21. The molecule has 2 rings (SSSR count). The van der Waals surface area contributed by atoms with Crippen molar-refractivity contribution < 1.29 is 9.53 Å². The summed E-state index contributed by atoms with van der Waals surface area (Å²) in [6, 6.07) is 14.4. The Balaban J connectivity index is 2.01. The Morgan fingerprint density at radius 1 is 1.25 bits per heavy atom. The van der Waals surface area contributed by atoms with Gasteiger partial charge >= 0.3 is 0 Å². The van der Waals surface area contributed by atoms with Crippen molar-refractivity contribution in [1.82, 2.24) is 0 Å². The average molecular weight is 355 g/mol. The molecule has 5 heteroatoms. The largest absolute Gasteiger partial charge is 0.479 e. The van der Waals surface area contributed by atoms with Crippen LogP contribution in [0.4, 0.5) is 5.69 Å². The number of carbonyl (C=O) groups is 1. The number of rotatable bonds is 4. The Morgan fingerprint density at radius 3 is 2.70 bits per heavy atom. The van der Waals surface area contributed by atoms with E-state index >= 15 is 0 Å². The summed E-state index contributed by atoms with van der Waals surface area (Å²) >= 11 is 9.34. The van der Waals surface area contributed by atoms with E-state index in [1.807, 2.05) is 24.3 Å². The van der Waals surface area contributed by atoms with Crippen molar-refractivity contribution in [2.24, 2.45) is 0 Å².